The van der Waals surface area contributed by atoms with Gasteiger partial charge in [0.2, 0.25) is 0 Å². The summed E-state index contributed by atoms with van der Waals surface area (Å²) in [6, 6.07) is 7.44. The second-order valence-corrected chi connectivity index (χ2v) is 6.55. The van der Waals surface area contributed by atoms with Gasteiger partial charge in [-0.3, -0.25) is 9.59 Å². The summed E-state index contributed by atoms with van der Waals surface area (Å²) < 4.78 is 21.5. The minimum absolute atomic E-state index is 0.260. The molecule has 0 aliphatic carbocycles. The highest BCUT2D eigenvalue weighted by atomic mass is 16.5. The van der Waals surface area contributed by atoms with Gasteiger partial charge in [-0.15, -0.1) is 0 Å². The molecule has 1 aliphatic rings. The number of benzene rings is 2. The summed E-state index contributed by atoms with van der Waals surface area (Å²) in [5.41, 5.74) is 1.15. The zero-order valence-electron chi connectivity index (χ0n) is 16.9. The number of carboxylic acid groups (broad SMARTS) is 1. The lowest BCUT2D eigenvalue weighted by molar-refractivity contribution is -0.140. The Bertz CT molecular complexity index is 956. The number of para-hydroxylation sites is 1. The predicted molar refractivity (Wildman–Crippen MR) is 104 cm³/mol. The molecule has 154 valence electrons. The van der Waals surface area contributed by atoms with Crippen molar-refractivity contribution in [3.8, 4) is 23.0 Å². The van der Waals surface area contributed by atoms with E-state index in [1.54, 1.807) is 31.3 Å². The number of amides is 1. The van der Waals surface area contributed by atoms with E-state index in [0.717, 1.165) is 0 Å². The Kier molecular flexibility index (Phi) is 5.54. The number of hydrogen-bond acceptors (Lipinski definition) is 6. The molecule has 8 nitrogen and oxygen atoms in total. The molecule has 0 saturated heterocycles. The monoisotopic (exact) mass is 401 g/mol. The molecule has 1 amide bonds. The maximum absolute atomic E-state index is 13.2. The van der Waals surface area contributed by atoms with Crippen LogP contribution in [0, 0.1) is 0 Å². The van der Waals surface area contributed by atoms with Gasteiger partial charge in [0.15, 0.2) is 23.0 Å². The van der Waals surface area contributed by atoms with Crippen molar-refractivity contribution < 1.29 is 33.6 Å². The Morgan fingerprint density at radius 1 is 0.931 bits per heavy atom. The van der Waals surface area contributed by atoms with Crippen LogP contribution in [0.15, 0.2) is 30.3 Å². The standard InChI is InChI=1S/C21H23NO7/c1-22-18(11-7-6-8-14(26-2)19(11)29-5)17(21(24)25)12-9-15(27-3)16(28-4)10-13(12)20(22)23/h6-10,17-18H,1-5H3,(H,24,25)/t17-,18-/m0/s1. The van der Waals surface area contributed by atoms with Crippen LogP contribution in [0.25, 0.3) is 0 Å². The molecule has 0 spiro atoms. The highest BCUT2D eigenvalue weighted by Crippen LogP contribution is 2.48. The zero-order valence-corrected chi connectivity index (χ0v) is 16.9. The maximum Gasteiger partial charge on any atom is 0.313 e. The molecule has 1 aliphatic heterocycles. The number of carboxylic acids is 1. The number of carbonyl (C=O) groups is 2. The zero-order chi connectivity index (χ0) is 21.3. The number of ether oxygens (including phenoxy) is 4. The van der Waals surface area contributed by atoms with Gasteiger partial charge >= 0.3 is 5.97 Å². The van der Waals surface area contributed by atoms with E-state index in [-0.39, 0.29) is 11.5 Å². The maximum atomic E-state index is 13.2. The third-order valence-electron chi connectivity index (χ3n) is 5.19. The minimum atomic E-state index is -1.08. The number of carbonyl (C=O) groups excluding carboxylic acids is 1. The number of fused-ring (bicyclic) bond motifs is 1. The molecule has 0 radical (unpaired) electrons. The number of likely N-dealkylation sites (N-methyl/N-ethyl adjacent to an activating group) is 1. The molecule has 2 aromatic carbocycles. The highest BCUT2D eigenvalue weighted by molar-refractivity contribution is 6.01. The number of aliphatic carboxylic acids is 1. The van der Waals surface area contributed by atoms with E-state index in [1.165, 1.54) is 39.4 Å². The smallest absolute Gasteiger partial charge is 0.313 e. The first-order valence-electron chi connectivity index (χ1n) is 8.86. The molecule has 0 fully saturated rings. The molecule has 1 heterocycles. The summed E-state index contributed by atoms with van der Waals surface area (Å²) in [5.74, 6) is -0.904. The van der Waals surface area contributed by atoms with Crippen molar-refractivity contribution in [1.29, 1.82) is 0 Å². The second kappa shape index (κ2) is 7.90. The number of hydrogen-bond donors (Lipinski definition) is 1. The van der Waals surface area contributed by atoms with E-state index < -0.39 is 17.9 Å². The van der Waals surface area contributed by atoms with Gasteiger partial charge < -0.3 is 29.0 Å². The molecule has 2 aromatic rings. The molecule has 29 heavy (non-hydrogen) atoms. The Morgan fingerprint density at radius 2 is 1.55 bits per heavy atom. The lowest BCUT2D eigenvalue weighted by atomic mass is 9.79. The predicted octanol–water partition coefficient (Wildman–Crippen LogP) is 2.72. The largest absolute Gasteiger partial charge is 0.493 e. The topological polar surface area (TPSA) is 94.5 Å². The van der Waals surface area contributed by atoms with Crippen LogP contribution in [0.5, 0.6) is 23.0 Å². The average molecular weight is 401 g/mol. The van der Waals surface area contributed by atoms with Crippen molar-refractivity contribution >= 4 is 11.9 Å². The molecule has 1 N–H and O–H groups in total. The van der Waals surface area contributed by atoms with Crippen molar-refractivity contribution in [2.75, 3.05) is 35.5 Å². The molecule has 0 unspecified atom stereocenters. The van der Waals surface area contributed by atoms with Crippen LogP contribution >= 0.6 is 0 Å². The van der Waals surface area contributed by atoms with Crippen LogP contribution in [0.2, 0.25) is 0 Å². The minimum Gasteiger partial charge on any atom is -0.493 e. The summed E-state index contributed by atoms with van der Waals surface area (Å²) in [5, 5.41) is 10.1. The fourth-order valence-electron chi connectivity index (χ4n) is 3.85. The Balaban J connectivity index is 2.29. The van der Waals surface area contributed by atoms with E-state index in [0.29, 0.717) is 34.1 Å². The lowest BCUT2D eigenvalue weighted by Gasteiger charge is -2.39. The van der Waals surface area contributed by atoms with E-state index in [4.69, 9.17) is 18.9 Å². The molecule has 3 rings (SSSR count). The van der Waals surface area contributed by atoms with E-state index in [9.17, 15) is 14.7 Å². The van der Waals surface area contributed by atoms with Gasteiger partial charge in [0.1, 0.15) is 5.92 Å². The summed E-state index contributed by atoms with van der Waals surface area (Å²) in [6.45, 7) is 0. The molecule has 0 bridgehead atoms. The van der Waals surface area contributed by atoms with Crippen molar-refractivity contribution in [3.05, 3.63) is 47.0 Å². The molecule has 8 heteroatoms. The summed E-state index contributed by atoms with van der Waals surface area (Å²) in [7, 11) is 7.46. The average Bonchev–Trinajstić information content (AvgIpc) is 2.74. The van der Waals surface area contributed by atoms with Crippen LogP contribution in [0.4, 0.5) is 0 Å². The van der Waals surface area contributed by atoms with Gasteiger partial charge in [-0.25, -0.2) is 0 Å². The van der Waals surface area contributed by atoms with Gasteiger partial charge in [-0.1, -0.05) is 12.1 Å². The van der Waals surface area contributed by atoms with Gasteiger partial charge in [0.25, 0.3) is 5.91 Å². The third kappa shape index (κ3) is 3.20. The van der Waals surface area contributed by atoms with Crippen LogP contribution in [0.3, 0.4) is 0 Å². The van der Waals surface area contributed by atoms with E-state index in [2.05, 4.69) is 0 Å². The van der Waals surface area contributed by atoms with Gasteiger partial charge in [-0.05, 0) is 23.8 Å². The van der Waals surface area contributed by atoms with Crippen LogP contribution in [-0.2, 0) is 4.79 Å². The fourth-order valence-corrected chi connectivity index (χ4v) is 3.85. The molecular formula is C21H23NO7. The quantitative estimate of drug-likeness (QED) is 0.795. The Labute approximate surface area is 168 Å². The van der Waals surface area contributed by atoms with Gasteiger partial charge in [0, 0.05) is 18.2 Å². The van der Waals surface area contributed by atoms with Gasteiger partial charge in [0.05, 0.1) is 34.5 Å². The highest BCUT2D eigenvalue weighted by Gasteiger charge is 2.45. The Hall–Kier alpha value is -3.42. The number of nitrogens with zero attached hydrogens (tertiary/aromatic N) is 1. The first-order chi connectivity index (χ1) is 13.9. The second-order valence-electron chi connectivity index (χ2n) is 6.55. The van der Waals surface area contributed by atoms with E-state index in [1.807, 2.05) is 0 Å². The van der Waals surface area contributed by atoms with Gasteiger partial charge in [-0.2, -0.15) is 0 Å². The summed E-state index contributed by atoms with van der Waals surface area (Å²) in [6.07, 6.45) is 0. The van der Waals surface area contributed by atoms with Crippen molar-refractivity contribution in [2.45, 2.75) is 12.0 Å². The first kappa shape index (κ1) is 20.3. The summed E-state index contributed by atoms with van der Waals surface area (Å²) >= 11 is 0. The number of methoxy groups -OCH3 is 4. The van der Waals surface area contributed by atoms with Crippen LogP contribution < -0.4 is 18.9 Å². The molecule has 2 atom stereocenters. The first-order valence-corrected chi connectivity index (χ1v) is 8.86. The third-order valence-corrected chi connectivity index (χ3v) is 5.19. The van der Waals surface area contributed by atoms with E-state index >= 15 is 0 Å². The molecule has 0 saturated carbocycles. The Morgan fingerprint density at radius 3 is 2.10 bits per heavy atom. The van der Waals surface area contributed by atoms with Crippen LogP contribution in [-0.4, -0.2) is 57.4 Å². The SMILES string of the molecule is COc1cc2c(cc1OC)[C@H](C(=O)O)[C@H](c1cccc(OC)c1OC)N(C)C2=O. The van der Waals surface area contributed by atoms with Crippen molar-refractivity contribution in [3.63, 3.8) is 0 Å². The molecular weight excluding hydrogens is 378 g/mol. The molecule has 0 aromatic heterocycles. The van der Waals surface area contributed by atoms with Crippen molar-refractivity contribution in [2.24, 2.45) is 0 Å². The van der Waals surface area contributed by atoms with Crippen molar-refractivity contribution in [1.82, 2.24) is 4.90 Å². The lowest BCUT2D eigenvalue weighted by Crippen LogP contribution is -2.42. The fraction of sp³-hybridized carbons (Fsp3) is 0.333. The number of rotatable bonds is 6. The van der Waals surface area contributed by atoms with Crippen LogP contribution in [0.1, 0.15) is 33.4 Å². The summed E-state index contributed by atoms with van der Waals surface area (Å²) in [4.78, 5) is 26.9. The normalized spacial score (nSPS) is 18.1.